The number of nitrogens with two attached hydrogens (primary N) is 1. The number of guanidine groups is 1. The van der Waals surface area contributed by atoms with Crippen LogP contribution in [-0.2, 0) is 0 Å². The number of rotatable bonds is 4. The van der Waals surface area contributed by atoms with Crippen molar-refractivity contribution in [3.8, 4) is 0 Å². The topological polar surface area (TPSA) is 53.6 Å². The predicted molar refractivity (Wildman–Crippen MR) is 81.7 cm³/mol. The zero-order chi connectivity index (χ0) is 16.3. The second-order valence-corrected chi connectivity index (χ2v) is 6.60. The third-order valence-electron chi connectivity index (χ3n) is 4.93. The Kier molecular flexibility index (Phi) is 5.58. The van der Waals surface area contributed by atoms with Gasteiger partial charge >= 0.3 is 6.18 Å². The van der Waals surface area contributed by atoms with Crippen LogP contribution in [0.5, 0.6) is 0 Å². The fourth-order valence-electron chi connectivity index (χ4n) is 3.14. The first-order valence-corrected chi connectivity index (χ1v) is 8.20. The fraction of sp³-hybridized carbons (Fsp3) is 0.933. The smallest absolute Gasteiger partial charge is 0.370 e. The van der Waals surface area contributed by atoms with Crippen molar-refractivity contribution in [3.05, 3.63) is 0 Å². The molecule has 1 aliphatic heterocycles. The zero-order valence-corrected chi connectivity index (χ0v) is 13.4. The third-order valence-corrected chi connectivity index (χ3v) is 4.93. The van der Waals surface area contributed by atoms with Gasteiger partial charge in [0.25, 0.3) is 0 Å². The molecule has 4 nitrogen and oxygen atoms in total. The number of nitrogens with one attached hydrogen (secondary N) is 1. The minimum atomic E-state index is -4.03. The molecule has 1 heterocycles. The highest BCUT2D eigenvalue weighted by atomic mass is 19.4. The van der Waals surface area contributed by atoms with Gasteiger partial charge < -0.3 is 16.0 Å². The van der Waals surface area contributed by atoms with Crippen LogP contribution in [0.3, 0.4) is 0 Å². The molecule has 0 spiro atoms. The first-order valence-electron chi connectivity index (χ1n) is 8.20. The van der Waals surface area contributed by atoms with E-state index in [0.29, 0.717) is 31.1 Å². The van der Waals surface area contributed by atoms with Crippen LogP contribution in [0, 0.1) is 5.92 Å². The van der Waals surface area contributed by atoms with Crippen LogP contribution in [0.15, 0.2) is 4.99 Å². The molecule has 7 heteroatoms. The summed E-state index contributed by atoms with van der Waals surface area (Å²) < 4.78 is 37.9. The van der Waals surface area contributed by atoms with Crippen molar-refractivity contribution in [3.63, 3.8) is 0 Å². The van der Waals surface area contributed by atoms with Gasteiger partial charge in [0, 0.05) is 12.1 Å². The van der Waals surface area contributed by atoms with Crippen LogP contribution in [-0.4, -0.2) is 48.3 Å². The summed E-state index contributed by atoms with van der Waals surface area (Å²) >= 11 is 0. The molecule has 0 amide bonds. The molecule has 0 bridgehead atoms. The molecule has 0 aromatic carbocycles. The van der Waals surface area contributed by atoms with E-state index in [0.717, 1.165) is 19.3 Å². The summed E-state index contributed by atoms with van der Waals surface area (Å²) in [4.78, 5) is 6.63. The van der Waals surface area contributed by atoms with Crippen molar-refractivity contribution in [2.45, 2.75) is 70.3 Å². The van der Waals surface area contributed by atoms with E-state index in [9.17, 15) is 13.2 Å². The van der Waals surface area contributed by atoms with E-state index in [1.54, 1.807) is 0 Å². The third kappa shape index (κ3) is 4.51. The monoisotopic (exact) mass is 320 g/mol. The second-order valence-electron chi connectivity index (χ2n) is 6.60. The fourth-order valence-corrected chi connectivity index (χ4v) is 3.14. The largest absolute Gasteiger partial charge is 0.391 e. The first-order chi connectivity index (χ1) is 10.3. The average molecular weight is 320 g/mol. The maximum absolute atomic E-state index is 12.6. The summed E-state index contributed by atoms with van der Waals surface area (Å²) in [5.41, 5.74) is 5.85. The Morgan fingerprint density at radius 3 is 2.41 bits per heavy atom. The van der Waals surface area contributed by atoms with E-state index in [2.05, 4.69) is 29.1 Å². The summed E-state index contributed by atoms with van der Waals surface area (Å²) in [5, 5.41) is 3.13. The van der Waals surface area contributed by atoms with Crippen LogP contribution >= 0.6 is 0 Å². The minimum absolute atomic E-state index is 0.210. The van der Waals surface area contributed by atoms with Gasteiger partial charge in [-0.3, -0.25) is 4.99 Å². The molecule has 1 saturated heterocycles. The molecule has 2 rings (SSSR count). The Balaban J connectivity index is 1.71. The molecule has 2 aliphatic rings. The van der Waals surface area contributed by atoms with Gasteiger partial charge in [0.2, 0.25) is 0 Å². The Morgan fingerprint density at radius 1 is 1.32 bits per heavy atom. The number of halogens is 3. The summed E-state index contributed by atoms with van der Waals surface area (Å²) in [7, 11) is 0. The number of hydrogen-bond donors (Lipinski definition) is 2. The summed E-state index contributed by atoms with van der Waals surface area (Å²) in [5.74, 6) is -0.637. The molecule has 2 fully saturated rings. The second kappa shape index (κ2) is 7.06. The quantitative estimate of drug-likeness (QED) is 0.618. The number of aliphatic imine (C=N–C) groups is 1. The molecular weight excluding hydrogens is 293 g/mol. The van der Waals surface area contributed by atoms with Gasteiger partial charge in [-0.15, -0.1) is 0 Å². The average Bonchev–Trinajstić information content (AvgIpc) is 2.41. The predicted octanol–water partition coefficient (Wildman–Crippen LogP) is 2.49. The van der Waals surface area contributed by atoms with Crippen molar-refractivity contribution in [1.82, 2.24) is 10.2 Å². The van der Waals surface area contributed by atoms with Crippen LogP contribution < -0.4 is 11.1 Å². The Labute approximate surface area is 130 Å². The lowest BCUT2D eigenvalue weighted by molar-refractivity contribution is -0.187. The zero-order valence-electron chi connectivity index (χ0n) is 13.4. The van der Waals surface area contributed by atoms with Crippen molar-refractivity contribution in [1.29, 1.82) is 0 Å². The summed E-state index contributed by atoms with van der Waals surface area (Å²) in [6.45, 7) is 5.23. The molecule has 0 aromatic rings. The summed E-state index contributed by atoms with van der Waals surface area (Å²) in [6, 6.07) is 0.891. The molecule has 1 unspecified atom stereocenters. The highest BCUT2D eigenvalue weighted by Crippen LogP contribution is 2.37. The number of hydrogen-bond acceptors (Lipinski definition) is 2. The number of piperidine rings is 1. The van der Waals surface area contributed by atoms with E-state index in [1.165, 1.54) is 0 Å². The van der Waals surface area contributed by atoms with E-state index < -0.39 is 12.1 Å². The molecular formula is C15H27F3N4. The number of likely N-dealkylation sites (tertiary alicyclic amines) is 1. The van der Waals surface area contributed by atoms with Gasteiger partial charge in [-0.2, -0.15) is 13.2 Å². The standard InChI is InChI=1S/C15H27F3N4/c1-3-10(2)20-14(19)21-12-8-13(9-12)22-6-4-11(5-7-22)15(16,17)18/h10-13H,3-9H2,1-2H3,(H3,19,20,21). The van der Waals surface area contributed by atoms with Gasteiger partial charge in [-0.05, 0) is 52.1 Å². The maximum atomic E-state index is 12.6. The molecule has 3 N–H and O–H groups in total. The van der Waals surface area contributed by atoms with Gasteiger partial charge in [-0.1, -0.05) is 6.92 Å². The lowest BCUT2D eigenvalue weighted by Gasteiger charge is -2.44. The molecule has 1 saturated carbocycles. The van der Waals surface area contributed by atoms with Gasteiger partial charge in [0.15, 0.2) is 5.96 Å². The van der Waals surface area contributed by atoms with Crippen LogP contribution in [0.1, 0.15) is 46.0 Å². The molecule has 0 radical (unpaired) electrons. The van der Waals surface area contributed by atoms with Crippen molar-refractivity contribution in [2.24, 2.45) is 16.6 Å². The molecule has 0 aromatic heterocycles. The Hall–Kier alpha value is -0.980. The highest BCUT2D eigenvalue weighted by Gasteiger charge is 2.43. The maximum Gasteiger partial charge on any atom is 0.391 e. The molecule has 128 valence electrons. The van der Waals surface area contributed by atoms with E-state index in [-0.39, 0.29) is 18.9 Å². The van der Waals surface area contributed by atoms with Crippen LogP contribution in [0.25, 0.3) is 0 Å². The van der Waals surface area contributed by atoms with Gasteiger partial charge in [0.05, 0.1) is 12.0 Å². The Morgan fingerprint density at radius 2 is 1.91 bits per heavy atom. The van der Waals surface area contributed by atoms with E-state index >= 15 is 0 Å². The summed E-state index contributed by atoms with van der Waals surface area (Å²) in [6.07, 6.45) is -0.789. The van der Waals surface area contributed by atoms with Gasteiger partial charge in [-0.25, -0.2) is 0 Å². The van der Waals surface area contributed by atoms with E-state index in [1.807, 2.05) is 0 Å². The minimum Gasteiger partial charge on any atom is -0.370 e. The van der Waals surface area contributed by atoms with Crippen molar-refractivity contribution < 1.29 is 13.2 Å². The lowest BCUT2D eigenvalue weighted by atomic mass is 9.83. The number of alkyl halides is 3. The normalized spacial score (nSPS) is 30.0. The van der Waals surface area contributed by atoms with Crippen LogP contribution in [0.2, 0.25) is 0 Å². The van der Waals surface area contributed by atoms with Crippen molar-refractivity contribution >= 4 is 5.96 Å². The van der Waals surface area contributed by atoms with E-state index in [4.69, 9.17) is 5.73 Å². The number of nitrogens with zero attached hydrogens (tertiary/aromatic N) is 2. The highest BCUT2D eigenvalue weighted by molar-refractivity contribution is 5.78. The van der Waals surface area contributed by atoms with Crippen molar-refractivity contribution in [2.75, 3.05) is 13.1 Å². The first kappa shape index (κ1) is 17.4. The van der Waals surface area contributed by atoms with Gasteiger partial charge in [0.1, 0.15) is 0 Å². The van der Waals surface area contributed by atoms with Crippen LogP contribution in [0.4, 0.5) is 13.2 Å². The Bertz CT molecular complexity index is 383. The molecule has 1 aliphatic carbocycles. The SMILES string of the molecule is CCC(C)NC(N)=NC1CC(N2CCC(C(F)(F)F)CC2)C1. The molecule has 1 atom stereocenters. The lowest BCUT2D eigenvalue weighted by Crippen LogP contribution is -2.51. The molecule has 22 heavy (non-hydrogen) atoms.